The number of aromatic nitrogens is 2. The van der Waals surface area contributed by atoms with Gasteiger partial charge >= 0.3 is 0 Å². The highest BCUT2D eigenvalue weighted by molar-refractivity contribution is 5.47. The second-order valence-electron chi connectivity index (χ2n) is 4.43. The number of aryl methyl sites for hydroxylation is 2. The first-order valence-electron chi connectivity index (χ1n) is 6.13. The van der Waals surface area contributed by atoms with Crippen LogP contribution in [0.15, 0.2) is 30.5 Å². The summed E-state index contributed by atoms with van der Waals surface area (Å²) in [6, 6.07) is 6.85. The number of halogens is 1. The lowest BCUT2D eigenvalue weighted by Crippen LogP contribution is -2.11. The Labute approximate surface area is 107 Å². The van der Waals surface area contributed by atoms with E-state index in [-0.39, 0.29) is 11.9 Å². The third-order valence-corrected chi connectivity index (χ3v) is 3.03. The second kappa shape index (κ2) is 5.21. The van der Waals surface area contributed by atoms with E-state index in [0.29, 0.717) is 5.56 Å². The van der Waals surface area contributed by atoms with Gasteiger partial charge in [-0.05, 0) is 19.4 Å². The van der Waals surface area contributed by atoms with Crippen LogP contribution in [0.3, 0.4) is 0 Å². The van der Waals surface area contributed by atoms with Gasteiger partial charge in [-0.3, -0.25) is 4.68 Å². The summed E-state index contributed by atoms with van der Waals surface area (Å²) in [7, 11) is 1.88. The predicted molar refractivity (Wildman–Crippen MR) is 71.0 cm³/mol. The zero-order valence-electron chi connectivity index (χ0n) is 10.9. The van der Waals surface area contributed by atoms with Gasteiger partial charge in [-0.2, -0.15) is 5.10 Å². The molecule has 1 heterocycles. The van der Waals surface area contributed by atoms with Gasteiger partial charge in [0.05, 0.1) is 17.4 Å². The Morgan fingerprint density at radius 3 is 2.67 bits per heavy atom. The van der Waals surface area contributed by atoms with Crippen molar-refractivity contribution in [2.24, 2.45) is 7.05 Å². The zero-order chi connectivity index (χ0) is 13.1. The first-order chi connectivity index (χ1) is 8.61. The lowest BCUT2D eigenvalue weighted by atomic mass is 10.0. The van der Waals surface area contributed by atoms with Crippen molar-refractivity contribution in [1.82, 2.24) is 9.78 Å². The molecule has 96 valence electrons. The lowest BCUT2D eigenvalue weighted by Gasteiger charge is -2.18. The molecule has 0 aliphatic carbocycles. The molecule has 2 aromatic rings. The van der Waals surface area contributed by atoms with Crippen molar-refractivity contribution in [3.05, 3.63) is 47.5 Å². The number of rotatable bonds is 4. The summed E-state index contributed by atoms with van der Waals surface area (Å²) in [5.41, 5.74) is 2.57. The van der Waals surface area contributed by atoms with Crippen molar-refractivity contribution in [3.8, 4) is 0 Å². The summed E-state index contributed by atoms with van der Waals surface area (Å²) in [4.78, 5) is 0. The van der Waals surface area contributed by atoms with Gasteiger partial charge in [0, 0.05) is 18.8 Å². The van der Waals surface area contributed by atoms with Crippen LogP contribution >= 0.6 is 0 Å². The Bertz CT molecular complexity index is 534. The summed E-state index contributed by atoms with van der Waals surface area (Å²) >= 11 is 0. The normalized spacial score (nSPS) is 12.4. The van der Waals surface area contributed by atoms with E-state index in [4.69, 9.17) is 0 Å². The van der Waals surface area contributed by atoms with Crippen LogP contribution in [0, 0.1) is 12.7 Å². The molecule has 18 heavy (non-hydrogen) atoms. The van der Waals surface area contributed by atoms with E-state index >= 15 is 0 Å². The van der Waals surface area contributed by atoms with Gasteiger partial charge in [-0.25, -0.2) is 4.39 Å². The van der Waals surface area contributed by atoms with E-state index in [2.05, 4.69) is 10.4 Å². The minimum absolute atomic E-state index is 0.0332. The maximum Gasteiger partial charge on any atom is 0.128 e. The van der Waals surface area contributed by atoms with Gasteiger partial charge < -0.3 is 5.32 Å². The molecule has 2 rings (SSSR count). The van der Waals surface area contributed by atoms with Crippen molar-refractivity contribution >= 4 is 5.69 Å². The third-order valence-electron chi connectivity index (χ3n) is 3.03. The van der Waals surface area contributed by atoms with E-state index in [0.717, 1.165) is 17.8 Å². The molecule has 0 radical (unpaired) electrons. The number of benzene rings is 1. The van der Waals surface area contributed by atoms with Crippen LogP contribution in [-0.4, -0.2) is 9.78 Å². The standard InChI is InChI=1S/C14H18FN3/c1-4-13(11-7-5-6-8-12(11)15)16-14-9-18(3)17-10(14)2/h5-9,13,16H,4H2,1-3H3. The Morgan fingerprint density at radius 2 is 2.11 bits per heavy atom. The molecular formula is C14H18FN3. The van der Waals surface area contributed by atoms with Crippen molar-refractivity contribution < 1.29 is 4.39 Å². The summed E-state index contributed by atoms with van der Waals surface area (Å²) in [5, 5.41) is 7.63. The number of hydrogen-bond acceptors (Lipinski definition) is 2. The molecule has 1 aromatic heterocycles. The Morgan fingerprint density at radius 1 is 1.39 bits per heavy atom. The molecular weight excluding hydrogens is 229 g/mol. The first kappa shape index (κ1) is 12.6. The molecule has 1 aromatic carbocycles. The van der Waals surface area contributed by atoms with Gasteiger partial charge in [0.25, 0.3) is 0 Å². The zero-order valence-corrected chi connectivity index (χ0v) is 10.9. The van der Waals surface area contributed by atoms with Gasteiger partial charge in [0.2, 0.25) is 0 Å². The maximum absolute atomic E-state index is 13.8. The molecule has 1 unspecified atom stereocenters. The number of hydrogen-bond donors (Lipinski definition) is 1. The van der Waals surface area contributed by atoms with E-state index in [1.807, 2.05) is 39.2 Å². The van der Waals surface area contributed by atoms with Gasteiger partial charge in [0.15, 0.2) is 0 Å². The highest BCUT2D eigenvalue weighted by Gasteiger charge is 2.15. The molecule has 1 N–H and O–H groups in total. The fourth-order valence-corrected chi connectivity index (χ4v) is 2.09. The maximum atomic E-state index is 13.8. The number of nitrogens with one attached hydrogen (secondary N) is 1. The molecule has 0 amide bonds. The highest BCUT2D eigenvalue weighted by Crippen LogP contribution is 2.25. The quantitative estimate of drug-likeness (QED) is 0.897. The highest BCUT2D eigenvalue weighted by atomic mass is 19.1. The molecule has 0 spiro atoms. The Hall–Kier alpha value is -1.84. The summed E-state index contributed by atoms with van der Waals surface area (Å²) < 4.78 is 15.5. The monoisotopic (exact) mass is 247 g/mol. The molecule has 0 bridgehead atoms. The van der Waals surface area contributed by atoms with Crippen LogP contribution in [0.4, 0.5) is 10.1 Å². The Balaban J connectivity index is 2.25. The van der Waals surface area contributed by atoms with Crippen molar-refractivity contribution in [2.75, 3.05) is 5.32 Å². The fraction of sp³-hybridized carbons (Fsp3) is 0.357. The molecule has 3 nitrogen and oxygen atoms in total. The average Bonchev–Trinajstić information content (AvgIpc) is 2.66. The molecule has 0 saturated heterocycles. The third kappa shape index (κ3) is 2.53. The van der Waals surface area contributed by atoms with E-state index in [1.165, 1.54) is 6.07 Å². The largest absolute Gasteiger partial charge is 0.375 e. The molecule has 4 heteroatoms. The topological polar surface area (TPSA) is 29.9 Å². The molecule has 1 atom stereocenters. The molecule has 0 saturated carbocycles. The molecule has 0 aliphatic heterocycles. The summed E-state index contributed by atoms with van der Waals surface area (Å²) in [6.07, 6.45) is 2.73. The summed E-state index contributed by atoms with van der Waals surface area (Å²) in [6.45, 7) is 3.98. The lowest BCUT2D eigenvalue weighted by molar-refractivity contribution is 0.587. The molecule has 0 fully saturated rings. The fourth-order valence-electron chi connectivity index (χ4n) is 2.09. The van der Waals surface area contributed by atoms with Crippen molar-refractivity contribution in [2.45, 2.75) is 26.3 Å². The second-order valence-corrected chi connectivity index (χ2v) is 4.43. The number of anilines is 1. The van der Waals surface area contributed by atoms with Gasteiger partial charge in [0.1, 0.15) is 5.82 Å². The van der Waals surface area contributed by atoms with Crippen LogP contribution in [0.5, 0.6) is 0 Å². The van der Waals surface area contributed by atoms with E-state index in [1.54, 1.807) is 10.7 Å². The van der Waals surface area contributed by atoms with Crippen LogP contribution in [0.2, 0.25) is 0 Å². The van der Waals surface area contributed by atoms with Crippen LogP contribution < -0.4 is 5.32 Å². The van der Waals surface area contributed by atoms with E-state index in [9.17, 15) is 4.39 Å². The van der Waals surface area contributed by atoms with Gasteiger partial charge in [-0.1, -0.05) is 25.1 Å². The Kier molecular flexibility index (Phi) is 3.65. The minimum Gasteiger partial charge on any atom is -0.375 e. The smallest absolute Gasteiger partial charge is 0.128 e. The first-order valence-corrected chi connectivity index (χ1v) is 6.13. The van der Waals surface area contributed by atoms with E-state index < -0.39 is 0 Å². The molecule has 0 aliphatic rings. The van der Waals surface area contributed by atoms with Crippen LogP contribution in [-0.2, 0) is 7.05 Å². The van der Waals surface area contributed by atoms with Crippen molar-refractivity contribution in [3.63, 3.8) is 0 Å². The SMILES string of the molecule is CCC(Nc1cn(C)nc1C)c1ccccc1F. The minimum atomic E-state index is -0.168. The summed E-state index contributed by atoms with van der Waals surface area (Å²) in [5.74, 6) is -0.168. The average molecular weight is 247 g/mol. The van der Waals surface area contributed by atoms with Gasteiger partial charge in [-0.15, -0.1) is 0 Å². The predicted octanol–water partition coefficient (Wildman–Crippen LogP) is 3.43. The number of nitrogens with zero attached hydrogens (tertiary/aromatic N) is 2. The van der Waals surface area contributed by atoms with Crippen LogP contribution in [0.25, 0.3) is 0 Å². The van der Waals surface area contributed by atoms with Crippen LogP contribution in [0.1, 0.15) is 30.6 Å². The van der Waals surface area contributed by atoms with Crippen molar-refractivity contribution in [1.29, 1.82) is 0 Å².